The monoisotopic (exact) mass is 585 g/mol. The lowest BCUT2D eigenvalue weighted by molar-refractivity contribution is -0.137. The third kappa shape index (κ3) is 6.31. The number of alkyl halides is 3. The van der Waals surface area contributed by atoms with Crippen molar-refractivity contribution in [3.8, 4) is 6.07 Å². The Bertz CT molecular complexity index is 1660. The molecule has 1 aromatic heterocycles. The van der Waals surface area contributed by atoms with Crippen LogP contribution in [0.15, 0.2) is 66.7 Å². The van der Waals surface area contributed by atoms with Gasteiger partial charge in [0.2, 0.25) is 0 Å². The maximum atomic E-state index is 13.3. The Morgan fingerprint density at radius 1 is 0.930 bits per heavy atom. The molecule has 1 fully saturated rings. The highest BCUT2D eigenvalue weighted by Gasteiger charge is 2.30. The Kier molecular flexibility index (Phi) is 7.99. The first-order valence-corrected chi connectivity index (χ1v) is 14.7. The van der Waals surface area contributed by atoms with Gasteiger partial charge in [0.1, 0.15) is 0 Å². The molecule has 3 heterocycles. The molecular formula is C34H34F3N5O. The molecule has 4 aromatic rings. The fourth-order valence-corrected chi connectivity index (χ4v) is 6.42. The number of nitrogens with one attached hydrogen (secondary N) is 1. The van der Waals surface area contributed by atoms with Crippen LogP contribution in [-0.2, 0) is 39.3 Å². The third-order valence-corrected chi connectivity index (χ3v) is 8.84. The van der Waals surface area contributed by atoms with E-state index in [1.165, 1.54) is 16.8 Å². The summed E-state index contributed by atoms with van der Waals surface area (Å²) in [6.07, 6.45) is -1.74. The van der Waals surface area contributed by atoms with Crippen LogP contribution in [0.3, 0.4) is 0 Å². The third-order valence-electron chi connectivity index (χ3n) is 8.84. The predicted octanol–water partition coefficient (Wildman–Crippen LogP) is 6.02. The minimum Gasteiger partial charge on any atom is -0.349 e. The molecule has 0 spiro atoms. The van der Waals surface area contributed by atoms with Crippen molar-refractivity contribution in [1.29, 1.82) is 5.26 Å². The maximum absolute atomic E-state index is 13.3. The second-order valence-corrected chi connectivity index (χ2v) is 11.7. The van der Waals surface area contributed by atoms with Crippen LogP contribution < -0.4 is 5.32 Å². The molecule has 1 N–H and O–H groups in total. The summed E-state index contributed by atoms with van der Waals surface area (Å²) in [4.78, 5) is 18.0. The lowest BCUT2D eigenvalue weighted by Gasteiger charge is -2.32. The Morgan fingerprint density at radius 2 is 1.58 bits per heavy atom. The van der Waals surface area contributed by atoms with E-state index in [9.17, 15) is 18.0 Å². The lowest BCUT2D eigenvalue weighted by atomic mass is 10.0. The summed E-state index contributed by atoms with van der Waals surface area (Å²) in [6, 6.07) is 21.3. The number of halogens is 3. The smallest absolute Gasteiger partial charge is 0.349 e. The highest BCUT2D eigenvalue weighted by molar-refractivity contribution is 5.99. The number of amides is 1. The van der Waals surface area contributed by atoms with Crippen LogP contribution in [0.25, 0.3) is 10.9 Å². The van der Waals surface area contributed by atoms with E-state index in [-0.39, 0.29) is 11.9 Å². The number of fused-ring (bicyclic) bond motifs is 3. The van der Waals surface area contributed by atoms with E-state index >= 15 is 0 Å². The zero-order valence-electron chi connectivity index (χ0n) is 24.1. The topological polar surface area (TPSA) is 64.3 Å². The van der Waals surface area contributed by atoms with E-state index in [4.69, 9.17) is 5.26 Å². The van der Waals surface area contributed by atoms with Gasteiger partial charge in [-0.05, 0) is 72.0 Å². The lowest BCUT2D eigenvalue weighted by Crippen LogP contribution is -2.44. The molecule has 6 nitrogen and oxygen atoms in total. The van der Waals surface area contributed by atoms with Crippen LogP contribution in [0.1, 0.15) is 56.7 Å². The van der Waals surface area contributed by atoms with E-state index < -0.39 is 11.7 Å². The highest BCUT2D eigenvalue weighted by Crippen LogP contribution is 2.33. The number of aryl methyl sites for hydroxylation is 1. The Labute approximate surface area is 249 Å². The molecule has 1 amide bonds. The van der Waals surface area contributed by atoms with Crippen LogP contribution in [0.2, 0.25) is 0 Å². The van der Waals surface area contributed by atoms with Gasteiger partial charge in [-0.25, -0.2) is 0 Å². The quantitative estimate of drug-likeness (QED) is 0.301. The molecule has 0 atom stereocenters. The number of hydrogen-bond donors (Lipinski definition) is 1. The van der Waals surface area contributed by atoms with Gasteiger partial charge >= 0.3 is 6.18 Å². The van der Waals surface area contributed by atoms with Crippen molar-refractivity contribution < 1.29 is 18.0 Å². The van der Waals surface area contributed by atoms with E-state index in [1.54, 1.807) is 12.1 Å². The molecule has 9 heteroatoms. The SMILES string of the molecule is Cn1c2c(c3cc(C(=O)NC4CCN(Cc5ccc(C#N)cc5)CC4)ccc31)CN(Cc1ccc(C(F)(F)F)cc1)CC2. The fourth-order valence-electron chi connectivity index (χ4n) is 6.42. The van der Waals surface area contributed by atoms with Gasteiger partial charge < -0.3 is 9.88 Å². The van der Waals surface area contributed by atoms with Gasteiger partial charge in [0.25, 0.3) is 5.91 Å². The van der Waals surface area contributed by atoms with Gasteiger partial charge in [-0.2, -0.15) is 18.4 Å². The predicted molar refractivity (Wildman–Crippen MR) is 159 cm³/mol. The minimum atomic E-state index is -4.34. The second-order valence-electron chi connectivity index (χ2n) is 11.7. The molecule has 43 heavy (non-hydrogen) atoms. The molecule has 6 rings (SSSR count). The van der Waals surface area contributed by atoms with E-state index in [2.05, 4.69) is 32.8 Å². The summed E-state index contributed by atoms with van der Waals surface area (Å²) in [5.74, 6) is -0.0672. The van der Waals surface area contributed by atoms with Crippen LogP contribution in [-0.4, -0.2) is 46.0 Å². The van der Waals surface area contributed by atoms with Crippen LogP contribution >= 0.6 is 0 Å². The normalized spacial score (nSPS) is 16.6. The first-order valence-electron chi connectivity index (χ1n) is 14.7. The number of piperidine rings is 1. The molecule has 0 unspecified atom stereocenters. The van der Waals surface area contributed by atoms with Crippen LogP contribution in [0.4, 0.5) is 13.2 Å². The number of carbonyl (C=O) groups excluding carboxylic acids is 1. The van der Waals surface area contributed by atoms with Crippen molar-refractivity contribution in [1.82, 2.24) is 19.7 Å². The molecule has 0 saturated carbocycles. The van der Waals surface area contributed by atoms with Crippen LogP contribution in [0, 0.1) is 11.3 Å². The van der Waals surface area contributed by atoms with Gasteiger partial charge in [0, 0.05) is 80.9 Å². The first-order chi connectivity index (χ1) is 20.7. The second kappa shape index (κ2) is 11.9. The van der Waals surface area contributed by atoms with E-state index in [1.807, 2.05) is 42.5 Å². The molecule has 2 aliphatic rings. The molecule has 2 aliphatic heterocycles. The molecule has 222 valence electrons. The molecular weight excluding hydrogens is 551 g/mol. The average Bonchev–Trinajstić information content (AvgIpc) is 3.28. The zero-order chi connectivity index (χ0) is 30.1. The summed E-state index contributed by atoms with van der Waals surface area (Å²) in [5, 5.41) is 13.3. The minimum absolute atomic E-state index is 0.0672. The molecule has 0 radical (unpaired) electrons. The maximum Gasteiger partial charge on any atom is 0.416 e. The molecule has 0 bridgehead atoms. The summed E-state index contributed by atoms with van der Waals surface area (Å²) in [6.45, 7) is 4.68. The van der Waals surface area contributed by atoms with Crippen molar-refractivity contribution in [2.45, 2.75) is 51.1 Å². The van der Waals surface area contributed by atoms with E-state index in [0.29, 0.717) is 24.2 Å². The number of benzene rings is 3. The summed E-state index contributed by atoms with van der Waals surface area (Å²) in [7, 11) is 2.05. The number of nitrogens with zero attached hydrogens (tertiary/aromatic N) is 4. The largest absolute Gasteiger partial charge is 0.416 e. The Balaban J connectivity index is 1.09. The first kappa shape index (κ1) is 29.0. The number of likely N-dealkylation sites (tertiary alicyclic amines) is 1. The molecule has 1 saturated heterocycles. The van der Waals surface area contributed by atoms with Crippen molar-refractivity contribution in [3.63, 3.8) is 0 Å². The van der Waals surface area contributed by atoms with Gasteiger partial charge in [-0.15, -0.1) is 0 Å². The number of carbonyl (C=O) groups is 1. The van der Waals surface area contributed by atoms with E-state index in [0.717, 1.165) is 74.0 Å². The van der Waals surface area contributed by atoms with Crippen molar-refractivity contribution in [2.75, 3.05) is 19.6 Å². The summed E-state index contributed by atoms with van der Waals surface area (Å²) < 4.78 is 41.1. The molecule has 3 aromatic carbocycles. The van der Waals surface area contributed by atoms with Crippen molar-refractivity contribution >= 4 is 16.8 Å². The average molecular weight is 586 g/mol. The summed E-state index contributed by atoms with van der Waals surface area (Å²) in [5.41, 5.74) is 6.20. The van der Waals surface area contributed by atoms with Gasteiger partial charge in [-0.1, -0.05) is 24.3 Å². The zero-order valence-corrected chi connectivity index (χ0v) is 24.1. The Morgan fingerprint density at radius 3 is 2.23 bits per heavy atom. The molecule has 0 aliphatic carbocycles. The number of nitriles is 1. The highest BCUT2D eigenvalue weighted by atomic mass is 19.4. The standard InChI is InChI=1S/C34H34F3N5O/c1-40-31-11-8-26(33(43)39-28-12-15-41(16-13-28)20-24-4-2-23(19-38)3-5-24)18-29(31)30-22-42(17-14-32(30)40)21-25-6-9-27(10-7-25)34(35,36)37/h2-11,18,28H,12-17,20-22H2,1H3,(H,39,43). The van der Waals surface area contributed by atoms with Gasteiger partial charge in [0.15, 0.2) is 0 Å². The number of hydrogen-bond acceptors (Lipinski definition) is 4. The summed E-state index contributed by atoms with van der Waals surface area (Å²) >= 11 is 0. The van der Waals surface area contributed by atoms with Crippen molar-refractivity contribution in [2.24, 2.45) is 7.05 Å². The van der Waals surface area contributed by atoms with Crippen LogP contribution in [0.5, 0.6) is 0 Å². The fraction of sp³-hybridized carbons (Fsp3) is 0.353. The number of rotatable bonds is 6. The number of aromatic nitrogens is 1. The van der Waals surface area contributed by atoms with Gasteiger partial charge in [0.05, 0.1) is 17.2 Å². The van der Waals surface area contributed by atoms with Gasteiger partial charge in [-0.3, -0.25) is 14.6 Å². The Hall–Kier alpha value is -4.13. The van der Waals surface area contributed by atoms with Crippen molar-refractivity contribution in [3.05, 3.63) is 106 Å².